The summed E-state index contributed by atoms with van der Waals surface area (Å²) in [6, 6.07) is 10.4. The Labute approximate surface area is 146 Å². The van der Waals surface area contributed by atoms with Crippen molar-refractivity contribution in [2.24, 2.45) is 0 Å². The molecule has 0 saturated heterocycles. The van der Waals surface area contributed by atoms with Gasteiger partial charge in [-0.3, -0.25) is 4.31 Å². The molecule has 6 heteroatoms. The maximum Gasteiger partial charge on any atom is 0.264 e. The smallest absolute Gasteiger partial charge is 0.264 e. The molecule has 0 heterocycles. The SMILES string of the molecule is CCN(c1ccc(C)c(C)c1)S(=O)(=O)c1ccc(OC)c(Br)c1. The van der Waals surface area contributed by atoms with E-state index in [1.54, 1.807) is 25.3 Å². The van der Waals surface area contributed by atoms with Gasteiger partial charge in [0, 0.05) is 6.54 Å². The first-order chi connectivity index (χ1) is 10.8. The van der Waals surface area contributed by atoms with Gasteiger partial charge in [-0.25, -0.2) is 8.42 Å². The first-order valence-corrected chi connectivity index (χ1v) is 9.48. The molecule has 0 aliphatic heterocycles. The number of ether oxygens (including phenoxy) is 1. The van der Waals surface area contributed by atoms with Gasteiger partial charge in [-0.15, -0.1) is 0 Å². The van der Waals surface area contributed by atoms with E-state index >= 15 is 0 Å². The number of rotatable bonds is 5. The summed E-state index contributed by atoms with van der Waals surface area (Å²) in [4.78, 5) is 0.227. The summed E-state index contributed by atoms with van der Waals surface area (Å²) in [5.74, 6) is 0.596. The number of benzene rings is 2. The summed E-state index contributed by atoms with van der Waals surface area (Å²) in [5, 5.41) is 0. The van der Waals surface area contributed by atoms with Crippen molar-refractivity contribution in [2.45, 2.75) is 25.7 Å². The molecule has 0 atom stereocenters. The molecule has 124 valence electrons. The van der Waals surface area contributed by atoms with Crippen LogP contribution in [0.25, 0.3) is 0 Å². The number of nitrogens with zero attached hydrogens (tertiary/aromatic N) is 1. The largest absolute Gasteiger partial charge is 0.496 e. The molecule has 0 bridgehead atoms. The van der Waals surface area contributed by atoms with Crippen molar-refractivity contribution in [3.05, 3.63) is 52.0 Å². The molecule has 4 nitrogen and oxygen atoms in total. The first kappa shape index (κ1) is 17.8. The number of anilines is 1. The quantitative estimate of drug-likeness (QED) is 0.755. The molecule has 0 spiro atoms. The van der Waals surface area contributed by atoms with Gasteiger partial charge >= 0.3 is 0 Å². The average molecular weight is 398 g/mol. The molecule has 2 aromatic rings. The number of hydrogen-bond acceptors (Lipinski definition) is 3. The van der Waals surface area contributed by atoms with Gasteiger partial charge in [0.25, 0.3) is 10.0 Å². The number of methoxy groups -OCH3 is 1. The minimum absolute atomic E-state index is 0.227. The third kappa shape index (κ3) is 3.53. The van der Waals surface area contributed by atoms with E-state index in [9.17, 15) is 8.42 Å². The lowest BCUT2D eigenvalue weighted by atomic mass is 10.1. The second-order valence-corrected chi connectivity index (χ2v) is 7.95. The van der Waals surface area contributed by atoms with E-state index in [-0.39, 0.29) is 4.90 Å². The van der Waals surface area contributed by atoms with Crippen LogP contribution in [0.15, 0.2) is 45.8 Å². The van der Waals surface area contributed by atoms with Crippen LogP contribution in [0.3, 0.4) is 0 Å². The zero-order valence-corrected chi connectivity index (χ0v) is 16.0. The van der Waals surface area contributed by atoms with Crippen LogP contribution in [0.1, 0.15) is 18.1 Å². The second-order valence-electron chi connectivity index (χ2n) is 5.23. The molecule has 2 aromatic carbocycles. The van der Waals surface area contributed by atoms with Gasteiger partial charge in [-0.05, 0) is 78.2 Å². The van der Waals surface area contributed by atoms with E-state index < -0.39 is 10.0 Å². The normalized spacial score (nSPS) is 11.3. The summed E-state index contributed by atoms with van der Waals surface area (Å²) >= 11 is 3.34. The van der Waals surface area contributed by atoms with Crippen LogP contribution in [-0.4, -0.2) is 22.1 Å². The monoisotopic (exact) mass is 397 g/mol. The maximum absolute atomic E-state index is 13.0. The molecular weight excluding hydrogens is 378 g/mol. The minimum Gasteiger partial charge on any atom is -0.496 e. The van der Waals surface area contributed by atoms with Crippen molar-refractivity contribution < 1.29 is 13.2 Å². The van der Waals surface area contributed by atoms with Gasteiger partial charge < -0.3 is 4.74 Å². The Morgan fingerprint density at radius 3 is 2.30 bits per heavy atom. The third-order valence-corrected chi connectivity index (χ3v) is 6.30. The number of aryl methyl sites for hydroxylation is 2. The van der Waals surface area contributed by atoms with Gasteiger partial charge in [0.2, 0.25) is 0 Å². The van der Waals surface area contributed by atoms with Crippen molar-refractivity contribution in [3.8, 4) is 5.75 Å². The molecule has 0 radical (unpaired) electrons. The Bertz CT molecular complexity index is 819. The van der Waals surface area contributed by atoms with E-state index in [1.165, 1.54) is 4.31 Å². The lowest BCUT2D eigenvalue weighted by Crippen LogP contribution is -2.30. The molecule has 0 unspecified atom stereocenters. The van der Waals surface area contributed by atoms with Gasteiger partial charge in [0.15, 0.2) is 0 Å². The van der Waals surface area contributed by atoms with Crippen LogP contribution < -0.4 is 9.04 Å². The Morgan fingerprint density at radius 2 is 1.78 bits per heavy atom. The van der Waals surface area contributed by atoms with Gasteiger partial charge in [-0.1, -0.05) is 6.07 Å². The van der Waals surface area contributed by atoms with Crippen LogP contribution in [-0.2, 0) is 10.0 Å². The Kier molecular flexibility index (Phi) is 5.37. The Hall–Kier alpha value is -1.53. The Morgan fingerprint density at radius 1 is 1.09 bits per heavy atom. The van der Waals surface area contributed by atoms with E-state index in [4.69, 9.17) is 4.74 Å². The molecular formula is C17H20BrNO3S. The molecule has 0 N–H and O–H groups in total. The Balaban J connectivity index is 2.50. The molecule has 0 aliphatic carbocycles. The predicted octanol–water partition coefficient (Wildman–Crippen LogP) is 4.29. The highest BCUT2D eigenvalue weighted by Crippen LogP contribution is 2.31. The molecule has 0 aromatic heterocycles. The molecule has 0 amide bonds. The highest BCUT2D eigenvalue weighted by atomic mass is 79.9. The van der Waals surface area contributed by atoms with Gasteiger partial charge in [0.05, 0.1) is 22.2 Å². The van der Waals surface area contributed by atoms with Crippen LogP contribution in [0, 0.1) is 13.8 Å². The molecule has 2 rings (SSSR count). The van der Waals surface area contributed by atoms with E-state index in [0.717, 1.165) is 11.1 Å². The van der Waals surface area contributed by atoms with Crippen LogP contribution in [0.2, 0.25) is 0 Å². The van der Waals surface area contributed by atoms with Gasteiger partial charge in [-0.2, -0.15) is 0 Å². The maximum atomic E-state index is 13.0. The van der Waals surface area contributed by atoms with Crippen LogP contribution in [0.5, 0.6) is 5.75 Å². The molecule has 0 saturated carbocycles. The second kappa shape index (κ2) is 6.93. The third-order valence-electron chi connectivity index (χ3n) is 3.78. The number of sulfonamides is 1. The number of halogens is 1. The average Bonchev–Trinajstić information content (AvgIpc) is 2.51. The highest BCUT2D eigenvalue weighted by molar-refractivity contribution is 9.10. The fourth-order valence-corrected chi connectivity index (χ4v) is 4.49. The summed E-state index contributed by atoms with van der Waals surface area (Å²) in [5.41, 5.74) is 2.86. The summed E-state index contributed by atoms with van der Waals surface area (Å²) < 4.78 is 33.1. The lowest BCUT2D eigenvalue weighted by Gasteiger charge is -2.24. The minimum atomic E-state index is -3.63. The van der Waals surface area contributed by atoms with Crippen molar-refractivity contribution in [3.63, 3.8) is 0 Å². The van der Waals surface area contributed by atoms with E-state index in [1.807, 2.05) is 39.0 Å². The summed E-state index contributed by atoms with van der Waals surface area (Å²) in [6.07, 6.45) is 0. The standard InChI is InChI=1S/C17H20BrNO3S/c1-5-19(14-7-6-12(2)13(3)10-14)23(20,21)15-8-9-17(22-4)16(18)11-15/h6-11H,5H2,1-4H3. The lowest BCUT2D eigenvalue weighted by molar-refractivity contribution is 0.411. The zero-order valence-electron chi connectivity index (χ0n) is 13.6. The molecule has 0 fully saturated rings. The molecule has 0 aliphatic rings. The van der Waals surface area contributed by atoms with E-state index in [2.05, 4.69) is 15.9 Å². The fourth-order valence-electron chi connectivity index (χ4n) is 2.31. The summed E-state index contributed by atoms with van der Waals surface area (Å²) in [7, 11) is -2.09. The van der Waals surface area contributed by atoms with Crippen molar-refractivity contribution in [1.82, 2.24) is 0 Å². The van der Waals surface area contributed by atoms with Crippen molar-refractivity contribution in [2.75, 3.05) is 18.0 Å². The predicted molar refractivity (Wildman–Crippen MR) is 96.8 cm³/mol. The molecule has 23 heavy (non-hydrogen) atoms. The number of hydrogen-bond donors (Lipinski definition) is 0. The van der Waals surface area contributed by atoms with E-state index in [0.29, 0.717) is 22.5 Å². The summed E-state index contributed by atoms with van der Waals surface area (Å²) in [6.45, 7) is 6.16. The zero-order chi connectivity index (χ0) is 17.2. The van der Waals surface area contributed by atoms with Crippen molar-refractivity contribution in [1.29, 1.82) is 0 Å². The van der Waals surface area contributed by atoms with Gasteiger partial charge in [0.1, 0.15) is 5.75 Å². The topological polar surface area (TPSA) is 46.6 Å². The highest BCUT2D eigenvalue weighted by Gasteiger charge is 2.24. The van der Waals surface area contributed by atoms with Crippen LogP contribution >= 0.6 is 15.9 Å². The van der Waals surface area contributed by atoms with Crippen LogP contribution in [0.4, 0.5) is 5.69 Å². The van der Waals surface area contributed by atoms with Crippen molar-refractivity contribution >= 4 is 31.6 Å². The first-order valence-electron chi connectivity index (χ1n) is 7.24. The fraction of sp³-hybridized carbons (Fsp3) is 0.294.